The Morgan fingerprint density at radius 1 is 0.124 bits per heavy atom. The molecule has 5 aliphatic rings. The van der Waals surface area contributed by atoms with Gasteiger partial charge < -0.3 is 51.1 Å². The third-order valence-electron chi connectivity index (χ3n) is 26.7. The number of hydrogen-bond acceptors (Lipinski definition) is 10. The third kappa shape index (κ3) is 24.2. The highest BCUT2D eigenvalue weighted by Gasteiger charge is 2.39. The minimum absolute atomic E-state index is 0.0753. The number of phenols is 10. The molecule has 0 spiro atoms. The fourth-order valence-electron chi connectivity index (χ4n) is 19.6. The second-order valence-corrected chi connectivity index (χ2v) is 37.0. The molecule has 0 atom stereocenters. The summed E-state index contributed by atoms with van der Waals surface area (Å²) < 4.78 is 0. The molecule has 20 aromatic carbocycles. The van der Waals surface area contributed by atoms with Gasteiger partial charge in [-0.15, -0.1) is 0 Å². The summed E-state index contributed by atoms with van der Waals surface area (Å²) in [6.07, 6.45) is 0. The maximum Gasteiger partial charge on any atom is 0.158 e. The highest BCUT2D eigenvalue weighted by atomic mass is 16.3. The maximum absolute atomic E-state index is 9.38. The molecule has 10 N–H and O–H groups in total. The van der Waals surface area contributed by atoms with Gasteiger partial charge in [-0.25, -0.2) is 0 Å². The monoisotopic (exact) mass is 1920 g/mol. The molecule has 10 heteroatoms. The lowest BCUT2D eigenvalue weighted by molar-refractivity contribution is 0.405. The summed E-state index contributed by atoms with van der Waals surface area (Å²) in [6.45, 7) is 43.0. The van der Waals surface area contributed by atoms with Gasteiger partial charge in [0.1, 0.15) is 46.0 Å². The standard InChI is InChI=1S/5C15H14.5C10H8O2.5C2H6/c5*1-15(2)13-9-5-3-7-11(13)12-8-4-6-10-14(12)15;11-9-3-1-7-5-10(12)4-2-8(7)6-9;11-9-5-1-3-7-8(9)4-2-6-10(7)12;11-8-4-5-9-7(6-8)2-1-3-10(9)12;11-8-5-4-7-2-1-3-10(12)9(7)6-8;11-9-5-7-3-1-2-4-8(7)6-10(9)12;5*1-2/h5*3-10H,1-2H3;5*1-6,11-12H;5*1-2H3. The Kier molecular flexibility index (Phi) is 37.2. The topological polar surface area (TPSA) is 202 Å². The SMILES string of the molecule is CC.CC.CC.CC.CC.CC1(C)c2ccccc2-c2ccccc21.CC1(C)c2ccccc2-c2ccccc21.CC1(C)c2ccccc2-c2ccccc21.CC1(C)c2ccccc2-c2ccccc21.CC1(C)c2ccccc2-c2ccccc21.Oc1cc2ccccc2cc1O.Oc1ccc2c(O)cccc2c1.Oc1ccc2cc(O)ccc2c1.Oc1ccc2cccc(O)c2c1.Oc1cccc2c(O)cccc12. The van der Waals surface area contributed by atoms with Gasteiger partial charge in [0.25, 0.3) is 0 Å². The fourth-order valence-corrected chi connectivity index (χ4v) is 19.6. The van der Waals surface area contributed by atoms with Gasteiger partial charge in [0.15, 0.2) is 11.5 Å². The van der Waals surface area contributed by atoms with Gasteiger partial charge in [-0.2, -0.15) is 0 Å². The highest BCUT2D eigenvalue weighted by molar-refractivity contribution is 5.94. The molecule has 740 valence electrons. The molecule has 0 radical (unpaired) electrons. The van der Waals surface area contributed by atoms with Crippen LogP contribution in [0.5, 0.6) is 57.5 Å². The molecule has 10 nitrogen and oxygen atoms in total. The van der Waals surface area contributed by atoms with E-state index in [0.29, 0.717) is 16.2 Å². The molecular weight excluding hydrogens is 1780 g/mol. The van der Waals surface area contributed by atoms with Crippen molar-refractivity contribution in [1.29, 1.82) is 0 Å². The molecule has 0 saturated heterocycles. The van der Waals surface area contributed by atoms with Crippen molar-refractivity contribution >= 4 is 53.9 Å². The summed E-state index contributed by atoms with van der Waals surface area (Å²) in [5.74, 6) is 1.56. The zero-order valence-electron chi connectivity index (χ0n) is 87.4. The lowest BCUT2D eigenvalue weighted by atomic mass is 9.82. The first kappa shape index (κ1) is 109. The van der Waals surface area contributed by atoms with Gasteiger partial charge in [-0.05, 0) is 235 Å². The molecule has 0 bridgehead atoms. The van der Waals surface area contributed by atoms with E-state index >= 15 is 0 Å². The van der Waals surface area contributed by atoms with Crippen LogP contribution in [-0.2, 0) is 27.1 Å². The Hall–Kier alpha value is -16.3. The summed E-state index contributed by atoms with van der Waals surface area (Å²) in [4.78, 5) is 0. The van der Waals surface area contributed by atoms with E-state index in [1.54, 1.807) is 146 Å². The summed E-state index contributed by atoms with van der Waals surface area (Å²) in [7, 11) is 0. The van der Waals surface area contributed by atoms with E-state index in [9.17, 15) is 20.4 Å². The molecule has 20 aromatic rings. The van der Waals surface area contributed by atoms with Crippen molar-refractivity contribution in [2.75, 3.05) is 0 Å². The maximum atomic E-state index is 9.38. The molecule has 0 amide bonds. The summed E-state index contributed by atoms with van der Waals surface area (Å²) in [5, 5.41) is 101. The number of rotatable bonds is 0. The smallest absolute Gasteiger partial charge is 0.158 e. The first-order valence-corrected chi connectivity index (χ1v) is 50.4. The average Bonchev–Trinajstić information content (AvgIpc) is 1.61. The fraction of sp³-hybridized carbons (Fsp3) is 0.185. The van der Waals surface area contributed by atoms with Crippen LogP contribution in [0.1, 0.15) is 194 Å². The molecule has 0 fully saturated rings. The largest absolute Gasteiger partial charge is 0.508 e. The van der Waals surface area contributed by atoms with Crippen molar-refractivity contribution in [2.45, 2.75) is 166 Å². The molecule has 5 aliphatic carbocycles. The Morgan fingerprint density at radius 2 is 0.297 bits per heavy atom. The average molecular weight is 1920 g/mol. The second-order valence-electron chi connectivity index (χ2n) is 37.0. The molecule has 0 aliphatic heterocycles. The van der Waals surface area contributed by atoms with Crippen molar-refractivity contribution in [3.8, 4) is 113 Å². The summed E-state index contributed by atoms with van der Waals surface area (Å²) >= 11 is 0. The number of benzene rings is 20. The Morgan fingerprint density at radius 3 is 0.552 bits per heavy atom. The molecule has 0 saturated carbocycles. The van der Waals surface area contributed by atoms with E-state index < -0.39 is 0 Å². The number of aromatic hydroxyl groups is 10. The molecular formula is C135H140O10. The quantitative estimate of drug-likeness (QED) is 0.0651. The van der Waals surface area contributed by atoms with E-state index in [1.165, 1.54) is 111 Å². The van der Waals surface area contributed by atoms with Crippen LogP contribution in [0.3, 0.4) is 0 Å². The number of hydrogen-bond donors (Lipinski definition) is 10. The van der Waals surface area contributed by atoms with E-state index in [-0.39, 0.29) is 84.6 Å². The van der Waals surface area contributed by atoms with Crippen molar-refractivity contribution in [3.63, 3.8) is 0 Å². The van der Waals surface area contributed by atoms with Crippen molar-refractivity contribution in [2.24, 2.45) is 0 Å². The Balaban J connectivity index is 0.000000152. The van der Waals surface area contributed by atoms with Crippen molar-refractivity contribution in [1.82, 2.24) is 0 Å². The first-order chi connectivity index (χ1) is 69.9. The predicted octanol–water partition coefficient (Wildman–Crippen LogP) is 36.4. The van der Waals surface area contributed by atoms with Crippen molar-refractivity contribution < 1.29 is 51.1 Å². The lowest BCUT2D eigenvalue weighted by Gasteiger charge is -2.20. The van der Waals surface area contributed by atoms with Gasteiger partial charge >= 0.3 is 0 Å². The van der Waals surface area contributed by atoms with Gasteiger partial charge in [0.2, 0.25) is 0 Å². The van der Waals surface area contributed by atoms with E-state index in [2.05, 4.69) is 312 Å². The van der Waals surface area contributed by atoms with Crippen LogP contribution in [0.4, 0.5) is 0 Å². The number of phenolic OH excluding ortho intramolecular Hbond substituents is 10. The molecule has 0 heterocycles. The molecule has 145 heavy (non-hydrogen) atoms. The Bertz CT molecular complexity index is 6780. The van der Waals surface area contributed by atoms with Crippen LogP contribution >= 0.6 is 0 Å². The predicted molar refractivity (Wildman–Crippen MR) is 613 cm³/mol. The van der Waals surface area contributed by atoms with Crippen LogP contribution < -0.4 is 0 Å². The highest BCUT2D eigenvalue weighted by Crippen LogP contribution is 2.54. The first-order valence-electron chi connectivity index (χ1n) is 50.4. The summed E-state index contributed by atoms with van der Waals surface area (Å²) in [5.41, 5.74) is 29.3. The third-order valence-corrected chi connectivity index (χ3v) is 26.7. The normalized spacial score (nSPS) is 12.7. The Labute approximate surface area is 858 Å². The van der Waals surface area contributed by atoms with Crippen LogP contribution in [-0.4, -0.2) is 51.1 Å². The van der Waals surface area contributed by atoms with Crippen LogP contribution in [0.2, 0.25) is 0 Å². The van der Waals surface area contributed by atoms with Crippen LogP contribution in [0.15, 0.2) is 425 Å². The second kappa shape index (κ2) is 49.4. The van der Waals surface area contributed by atoms with E-state index in [0.717, 1.165) is 37.7 Å². The van der Waals surface area contributed by atoms with Gasteiger partial charge in [0, 0.05) is 48.6 Å². The van der Waals surface area contributed by atoms with E-state index in [1.807, 2.05) is 106 Å². The van der Waals surface area contributed by atoms with Gasteiger partial charge in [0.05, 0.1) is 0 Å². The van der Waals surface area contributed by atoms with Gasteiger partial charge in [-0.3, -0.25) is 0 Å². The van der Waals surface area contributed by atoms with Crippen LogP contribution in [0, 0.1) is 0 Å². The summed E-state index contributed by atoms with van der Waals surface area (Å²) in [6, 6.07) is 138. The van der Waals surface area contributed by atoms with Crippen LogP contribution in [0.25, 0.3) is 109 Å². The van der Waals surface area contributed by atoms with Crippen molar-refractivity contribution in [3.05, 3.63) is 480 Å². The zero-order valence-corrected chi connectivity index (χ0v) is 87.4. The lowest BCUT2D eigenvalue weighted by Crippen LogP contribution is -2.14. The zero-order chi connectivity index (χ0) is 105. The molecule has 0 unspecified atom stereocenters. The molecule has 25 rings (SSSR count). The number of fused-ring (bicyclic) bond motifs is 20. The van der Waals surface area contributed by atoms with Gasteiger partial charge in [-0.1, -0.05) is 472 Å². The van der Waals surface area contributed by atoms with E-state index in [4.69, 9.17) is 30.6 Å². The molecule has 0 aromatic heterocycles. The minimum atomic E-state index is -0.0753. The minimum Gasteiger partial charge on any atom is -0.508 e.